The van der Waals surface area contributed by atoms with Gasteiger partial charge in [-0.2, -0.15) is 5.10 Å². The van der Waals surface area contributed by atoms with E-state index >= 15 is 0 Å². The molecular weight excluding hydrogens is 431 g/mol. The van der Waals surface area contributed by atoms with E-state index in [0.717, 1.165) is 11.8 Å². The Balaban J connectivity index is 1.71. The Hall–Kier alpha value is -3.85. The predicted octanol–water partition coefficient (Wildman–Crippen LogP) is 4.56. The lowest BCUT2D eigenvalue weighted by molar-refractivity contribution is 0.582. The van der Waals surface area contributed by atoms with E-state index in [2.05, 4.69) is 15.1 Å². The molecule has 160 valence electrons. The van der Waals surface area contributed by atoms with Crippen LogP contribution < -0.4 is 0 Å². The van der Waals surface area contributed by atoms with E-state index in [1.165, 1.54) is 23.1 Å². The molecule has 0 aliphatic carbocycles. The number of halogens is 1. The van der Waals surface area contributed by atoms with E-state index in [0.29, 0.717) is 39.4 Å². The number of aromatic nitrogens is 4. The molecule has 0 spiro atoms. The van der Waals surface area contributed by atoms with Gasteiger partial charge < -0.3 is 4.42 Å². The number of benzene rings is 2. The van der Waals surface area contributed by atoms with Gasteiger partial charge in [-0.05, 0) is 30.3 Å². The van der Waals surface area contributed by atoms with Crippen molar-refractivity contribution in [3.05, 3.63) is 79.0 Å². The molecule has 0 bridgehead atoms. The first-order valence-electron chi connectivity index (χ1n) is 9.69. The van der Waals surface area contributed by atoms with E-state index in [-0.39, 0.29) is 11.7 Å². The van der Waals surface area contributed by atoms with Crippen molar-refractivity contribution >= 4 is 20.9 Å². The first kappa shape index (κ1) is 20.1. The van der Waals surface area contributed by atoms with E-state index in [4.69, 9.17) is 4.42 Å². The number of sulfone groups is 1. The molecule has 5 rings (SSSR count). The molecular formula is C23H17FN4O3S. The fourth-order valence-corrected chi connectivity index (χ4v) is 4.15. The van der Waals surface area contributed by atoms with Crippen LogP contribution in [0.25, 0.3) is 44.9 Å². The predicted molar refractivity (Wildman–Crippen MR) is 119 cm³/mol. The summed E-state index contributed by atoms with van der Waals surface area (Å²) in [6.07, 6.45) is 4.14. The summed E-state index contributed by atoms with van der Waals surface area (Å²) in [6, 6.07) is 17.3. The third-order valence-corrected chi connectivity index (χ3v) is 5.62. The van der Waals surface area contributed by atoms with Gasteiger partial charge in [-0.15, -0.1) is 0 Å². The highest BCUT2D eigenvalue weighted by atomic mass is 32.2. The second kappa shape index (κ2) is 7.69. The standard InChI is InChI=1S/C23H17FN4O3S/c1-32(29,30)14-28-12-19(21(27-28)16-7-9-17(24)10-8-16)22-18-11-20(15-5-3-2-4-6-15)31-23(18)26-13-25-22/h2-13H,14H2,1H3. The van der Waals surface area contributed by atoms with Crippen LogP contribution in [0.4, 0.5) is 4.39 Å². The van der Waals surface area contributed by atoms with Crippen molar-refractivity contribution in [1.29, 1.82) is 0 Å². The molecule has 3 aromatic heterocycles. The van der Waals surface area contributed by atoms with E-state index in [9.17, 15) is 12.8 Å². The van der Waals surface area contributed by atoms with Gasteiger partial charge in [0.05, 0.1) is 11.1 Å². The minimum atomic E-state index is -3.34. The summed E-state index contributed by atoms with van der Waals surface area (Å²) in [5, 5.41) is 5.13. The van der Waals surface area contributed by atoms with Crippen molar-refractivity contribution < 1.29 is 17.2 Å². The topological polar surface area (TPSA) is 90.9 Å². The van der Waals surface area contributed by atoms with Crippen LogP contribution in [0.5, 0.6) is 0 Å². The maximum atomic E-state index is 13.5. The maximum absolute atomic E-state index is 13.5. The van der Waals surface area contributed by atoms with Crippen LogP contribution in [-0.2, 0) is 15.7 Å². The average Bonchev–Trinajstić information content (AvgIpc) is 3.38. The largest absolute Gasteiger partial charge is 0.438 e. The number of hydrogen-bond donors (Lipinski definition) is 0. The van der Waals surface area contributed by atoms with Gasteiger partial charge in [-0.25, -0.2) is 22.8 Å². The molecule has 0 saturated carbocycles. The molecule has 5 aromatic rings. The lowest BCUT2D eigenvalue weighted by Crippen LogP contribution is -2.09. The van der Waals surface area contributed by atoms with Crippen LogP contribution in [0.2, 0.25) is 0 Å². The Morgan fingerprint density at radius 2 is 1.72 bits per heavy atom. The Morgan fingerprint density at radius 1 is 0.969 bits per heavy atom. The minimum Gasteiger partial charge on any atom is -0.438 e. The summed E-state index contributed by atoms with van der Waals surface area (Å²) in [6.45, 7) is 0. The summed E-state index contributed by atoms with van der Waals surface area (Å²) < 4.78 is 44.5. The summed E-state index contributed by atoms with van der Waals surface area (Å²) >= 11 is 0. The fourth-order valence-electron chi connectivity index (χ4n) is 3.54. The molecule has 0 amide bonds. The molecule has 0 saturated heterocycles. The first-order valence-corrected chi connectivity index (χ1v) is 11.7. The minimum absolute atomic E-state index is 0.296. The molecule has 32 heavy (non-hydrogen) atoms. The fraction of sp³-hybridized carbons (Fsp3) is 0.0870. The van der Waals surface area contributed by atoms with Gasteiger partial charge in [0.2, 0.25) is 5.71 Å². The molecule has 3 heterocycles. The van der Waals surface area contributed by atoms with Crippen LogP contribution in [0, 0.1) is 5.82 Å². The molecule has 7 nitrogen and oxygen atoms in total. The van der Waals surface area contributed by atoms with Gasteiger partial charge >= 0.3 is 0 Å². The Bertz CT molecular complexity index is 1530. The maximum Gasteiger partial charge on any atom is 0.230 e. The highest BCUT2D eigenvalue weighted by Crippen LogP contribution is 2.36. The van der Waals surface area contributed by atoms with Crippen LogP contribution in [0.15, 0.2) is 77.6 Å². The van der Waals surface area contributed by atoms with Gasteiger partial charge in [0.25, 0.3) is 0 Å². The van der Waals surface area contributed by atoms with Gasteiger partial charge in [-0.1, -0.05) is 30.3 Å². The van der Waals surface area contributed by atoms with Crippen molar-refractivity contribution in [2.24, 2.45) is 0 Å². The Labute approximate surface area is 183 Å². The average molecular weight is 448 g/mol. The van der Waals surface area contributed by atoms with Crippen molar-refractivity contribution in [2.45, 2.75) is 5.88 Å². The zero-order valence-electron chi connectivity index (χ0n) is 16.9. The molecule has 0 unspecified atom stereocenters. The van der Waals surface area contributed by atoms with Crippen LogP contribution in [0.1, 0.15) is 0 Å². The van der Waals surface area contributed by atoms with E-state index in [1.54, 1.807) is 18.3 Å². The van der Waals surface area contributed by atoms with Crippen molar-refractivity contribution in [1.82, 2.24) is 19.7 Å². The molecule has 0 radical (unpaired) electrons. The zero-order chi connectivity index (χ0) is 22.3. The van der Waals surface area contributed by atoms with Gasteiger partial charge in [0.1, 0.15) is 29.5 Å². The number of rotatable bonds is 5. The number of hydrogen-bond acceptors (Lipinski definition) is 6. The van der Waals surface area contributed by atoms with E-state index in [1.807, 2.05) is 36.4 Å². The van der Waals surface area contributed by atoms with Crippen molar-refractivity contribution in [3.8, 4) is 33.8 Å². The molecule has 0 fully saturated rings. The summed E-state index contributed by atoms with van der Waals surface area (Å²) in [7, 11) is -3.34. The Morgan fingerprint density at radius 3 is 2.44 bits per heavy atom. The number of fused-ring (bicyclic) bond motifs is 1. The highest BCUT2D eigenvalue weighted by molar-refractivity contribution is 7.89. The molecule has 0 aliphatic rings. The van der Waals surface area contributed by atoms with Crippen molar-refractivity contribution in [3.63, 3.8) is 0 Å². The quantitative estimate of drug-likeness (QED) is 0.391. The normalized spacial score (nSPS) is 11.8. The third kappa shape index (κ3) is 3.90. The summed E-state index contributed by atoms with van der Waals surface area (Å²) in [5.41, 5.74) is 3.54. The zero-order valence-corrected chi connectivity index (χ0v) is 17.8. The van der Waals surface area contributed by atoms with Crippen LogP contribution >= 0.6 is 0 Å². The van der Waals surface area contributed by atoms with Crippen molar-refractivity contribution in [2.75, 3.05) is 6.26 Å². The number of furan rings is 1. The van der Waals surface area contributed by atoms with Crippen LogP contribution in [-0.4, -0.2) is 34.4 Å². The van der Waals surface area contributed by atoms with Gasteiger partial charge in [0, 0.05) is 29.1 Å². The lowest BCUT2D eigenvalue weighted by Gasteiger charge is -2.03. The smallest absolute Gasteiger partial charge is 0.230 e. The second-order valence-electron chi connectivity index (χ2n) is 7.41. The second-order valence-corrected chi connectivity index (χ2v) is 9.52. The Kier molecular flexibility index (Phi) is 4.82. The molecule has 2 aromatic carbocycles. The number of nitrogens with zero attached hydrogens (tertiary/aromatic N) is 4. The molecule has 0 aliphatic heterocycles. The first-order chi connectivity index (χ1) is 15.4. The van der Waals surface area contributed by atoms with Gasteiger partial charge in [0.15, 0.2) is 9.84 Å². The summed E-state index contributed by atoms with van der Waals surface area (Å²) in [5.74, 6) is -0.0392. The molecule has 0 atom stereocenters. The lowest BCUT2D eigenvalue weighted by atomic mass is 10.0. The SMILES string of the molecule is CS(=O)(=O)Cn1cc(-c2ncnc3oc(-c4ccccc4)cc23)c(-c2ccc(F)cc2)n1. The van der Waals surface area contributed by atoms with Gasteiger partial charge in [-0.3, -0.25) is 4.68 Å². The third-order valence-electron chi connectivity index (χ3n) is 4.89. The van der Waals surface area contributed by atoms with E-state index < -0.39 is 9.84 Å². The molecule has 9 heteroatoms. The summed E-state index contributed by atoms with van der Waals surface area (Å²) in [4.78, 5) is 8.69. The van der Waals surface area contributed by atoms with Crippen LogP contribution in [0.3, 0.4) is 0 Å². The molecule has 0 N–H and O–H groups in total. The monoisotopic (exact) mass is 448 g/mol. The highest BCUT2D eigenvalue weighted by Gasteiger charge is 2.20.